The minimum absolute atomic E-state index is 0.115. The normalized spacial score (nSPS) is 10.8. The number of benzene rings is 3. The first-order valence-electron chi connectivity index (χ1n) is 9.72. The molecule has 3 aromatic carbocycles. The molecule has 0 aliphatic heterocycles. The summed E-state index contributed by atoms with van der Waals surface area (Å²) in [5.74, 6) is -0.794. The number of nitrogens with one attached hydrogen (secondary N) is 1. The van der Waals surface area contributed by atoms with Gasteiger partial charge in [0.25, 0.3) is 5.91 Å². The monoisotopic (exact) mass is 462 g/mol. The summed E-state index contributed by atoms with van der Waals surface area (Å²) in [6, 6.07) is 20.0. The fraction of sp³-hybridized carbons (Fsp3) is 0.0800. The molecule has 0 unspecified atom stereocenters. The van der Waals surface area contributed by atoms with E-state index < -0.39 is 11.9 Å². The average molecular weight is 463 g/mol. The van der Waals surface area contributed by atoms with Crippen LogP contribution in [0, 0.1) is 11.3 Å². The van der Waals surface area contributed by atoms with Crippen molar-refractivity contribution >= 4 is 35.2 Å². The molecule has 0 saturated heterocycles. The van der Waals surface area contributed by atoms with Crippen LogP contribution in [0.3, 0.4) is 0 Å². The number of carboxylic acids is 1. The first-order chi connectivity index (χ1) is 15.9. The number of carbonyl (C=O) groups excluding carboxylic acids is 1. The minimum Gasteiger partial charge on any atom is -0.493 e. The topological polar surface area (TPSA) is 109 Å². The summed E-state index contributed by atoms with van der Waals surface area (Å²) in [7, 11) is 1.47. The molecule has 0 radical (unpaired) electrons. The number of carboxylic acid groups (broad SMARTS) is 1. The summed E-state index contributed by atoms with van der Waals surface area (Å²) in [6.45, 7) is 0.135. The lowest BCUT2D eigenvalue weighted by Crippen LogP contribution is -2.13. The van der Waals surface area contributed by atoms with Gasteiger partial charge in [0.15, 0.2) is 11.5 Å². The van der Waals surface area contributed by atoms with Gasteiger partial charge >= 0.3 is 5.97 Å². The van der Waals surface area contributed by atoms with Crippen LogP contribution in [0.1, 0.15) is 21.5 Å². The van der Waals surface area contributed by atoms with Crippen molar-refractivity contribution in [2.24, 2.45) is 0 Å². The molecule has 1 amide bonds. The quantitative estimate of drug-likeness (QED) is 0.353. The van der Waals surface area contributed by atoms with Crippen molar-refractivity contribution in [1.29, 1.82) is 5.26 Å². The lowest BCUT2D eigenvalue weighted by atomic mass is 10.1. The molecule has 3 rings (SSSR count). The maximum absolute atomic E-state index is 12.5. The van der Waals surface area contributed by atoms with E-state index in [1.54, 1.807) is 54.6 Å². The Morgan fingerprint density at radius 1 is 1.09 bits per heavy atom. The fourth-order valence-electron chi connectivity index (χ4n) is 2.92. The number of para-hydroxylation sites is 1. The van der Waals surface area contributed by atoms with E-state index in [-0.39, 0.29) is 17.7 Å². The predicted octanol–water partition coefficient (Wildman–Crippen LogP) is 5.17. The molecule has 33 heavy (non-hydrogen) atoms. The van der Waals surface area contributed by atoms with Gasteiger partial charge in [-0.3, -0.25) is 4.79 Å². The molecular formula is C25H19ClN2O5. The van der Waals surface area contributed by atoms with Crippen LogP contribution in [-0.2, 0) is 11.4 Å². The zero-order chi connectivity index (χ0) is 23.8. The molecule has 0 heterocycles. The number of rotatable bonds is 8. The average Bonchev–Trinajstić information content (AvgIpc) is 2.83. The second-order valence-corrected chi connectivity index (χ2v) is 7.22. The van der Waals surface area contributed by atoms with Crippen molar-refractivity contribution in [3.8, 4) is 17.6 Å². The number of hydrogen-bond acceptors (Lipinski definition) is 5. The predicted molar refractivity (Wildman–Crippen MR) is 124 cm³/mol. The van der Waals surface area contributed by atoms with Gasteiger partial charge in [-0.25, -0.2) is 4.79 Å². The standard InChI is InChI=1S/C25H19ClN2O5/c1-32-23-13-16(11-19(14-27)24(29)28-21-8-3-2-7-20(21)26)9-10-22(23)33-15-17-5-4-6-18(12-17)25(30)31/h2-13H,15H2,1H3,(H,28,29)(H,30,31)/b19-11-. The highest BCUT2D eigenvalue weighted by molar-refractivity contribution is 6.34. The zero-order valence-corrected chi connectivity index (χ0v) is 18.3. The van der Waals surface area contributed by atoms with Crippen molar-refractivity contribution in [2.45, 2.75) is 6.61 Å². The molecule has 0 fully saturated rings. The summed E-state index contributed by atoms with van der Waals surface area (Å²) >= 11 is 6.05. The van der Waals surface area contributed by atoms with E-state index in [1.807, 2.05) is 6.07 Å². The Balaban J connectivity index is 1.76. The number of methoxy groups -OCH3 is 1. The summed E-state index contributed by atoms with van der Waals surface area (Å²) in [5.41, 5.74) is 1.69. The first kappa shape index (κ1) is 23.4. The van der Waals surface area contributed by atoms with E-state index in [0.717, 1.165) is 0 Å². The van der Waals surface area contributed by atoms with E-state index in [0.29, 0.717) is 33.3 Å². The number of nitriles is 1. The van der Waals surface area contributed by atoms with Crippen molar-refractivity contribution < 1.29 is 24.2 Å². The highest BCUT2D eigenvalue weighted by atomic mass is 35.5. The highest BCUT2D eigenvalue weighted by Gasteiger charge is 2.13. The molecule has 0 aliphatic carbocycles. The first-order valence-corrected chi connectivity index (χ1v) is 10.1. The molecule has 0 bridgehead atoms. The van der Waals surface area contributed by atoms with Crippen LogP contribution in [0.15, 0.2) is 72.3 Å². The van der Waals surface area contributed by atoms with Crippen LogP contribution in [0.25, 0.3) is 6.08 Å². The SMILES string of the molecule is COc1cc(/C=C(/C#N)C(=O)Nc2ccccc2Cl)ccc1OCc1cccc(C(=O)O)c1. The molecule has 0 atom stereocenters. The highest BCUT2D eigenvalue weighted by Crippen LogP contribution is 2.30. The smallest absolute Gasteiger partial charge is 0.335 e. The number of carbonyl (C=O) groups is 2. The molecule has 7 nitrogen and oxygen atoms in total. The fourth-order valence-corrected chi connectivity index (χ4v) is 3.10. The number of halogens is 1. The summed E-state index contributed by atoms with van der Waals surface area (Å²) < 4.78 is 11.2. The Hall–Kier alpha value is -4.28. The van der Waals surface area contributed by atoms with Gasteiger partial charge in [-0.05, 0) is 53.6 Å². The van der Waals surface area contributed by atoms with E-state index in [2.05, 4.69) is 5.32 Å². The third-order valence-electron chi connectivity index (χ3n) is 4.55. The summed E-state index contributed by atoms with van der Waals surface area (Å²) in [5, 5.41) is 21.5. The Kier molecular flexibility index (Phi) is 7.68. The summed E-state index contributed by atoms with van der Waals surface area (Å²) in [6.07, 6.45) is 1.43. The summed E-state index contributed by atoms with van der Waals surface area (Å²) in [4.78, 5) is 23.6. The number of amides is 1. The van der Waals surface area contributed by atoms with Gasteiger partial charge in [0.05, 0.1) is 23.4 Å². The molecule has 0 saturated carbocycles. The molecule has 3 aromatic rings. The molecular weight excluding hydrogens is 444 g/mol. The lowest BCUT2D eigenvalue weighted by molar-refractivity contribution is -0.112. The molecule has 166 valence electrons. The van der Waals surface area contributed by atoms with E-state index in [9.17, 15) is 14.9 Å². The van der Waals surface area contributed by atoms with Gasteiger partial charge in [0.2, 0.25) is 0 Å². The van der Waals surface area contributed by atoms with Gasteiger partial charge in [-0.15, -0.1) is 0 Å². The van der Waals surface area contributed by atoms with Crippen molar-refractivity contribution in [2.75, 3.05) is 12.4 Å². The third kappa shape index (κ3) is 6.12. The lowest BCUT2D eigenvalue weighted by Gasteiger charge is -2.12. The molecule has 8 heteroatoms. The number of anilines is 1. The number of ether oxygens (including phenoxy) is 2. The minimum atomic E-state index is -1.02. The maximum Gasteiger partial charge on any atom is 0.335 e. The van der Waals surface area contributed by atoms with Crippen molar-refractivity contribution in [3.05, 3.63) is 94.0 Å². The number of nitrogens with zero attached hydrogens (tertiary/aromatic N) is 1. The Morgan fingerprint density at radius 3 is 2.58 bits per heavy atom. The van der Waals surface area contributed by atoms with Gasteiger partial charge in [0.1, 0.15) is 18.2 Å². The molecule has 0 spiro atoms. The Labute approximate surface area is 195 Å². The van der Waals surface area contributed by atoms with Gasteiger partial charge in [0, 0.05) is 0 Å². The number of hydrogen-bond donors (Lipinski definition) is 2. The maximum atomic E-state index is 12.5. The molecule has 0 aliphatic rings. The third-order valence-corrected chi connectivity index (χ3v) is 4.88. The van der Waals surface area contributed by atoms with Crippen LogP contribution < -0.4 is 14.8 Å². The van der Waals surface area contributed by atoms with Gasteiger partial charge in [-0.2, -0.15) is 5.26 Å². The van der Waals surface area contributed by atoms with Gasteiger partial charge < -0.3 is 19.9 Å². The second kappa shape index (κ2) is 10.8. The van der Waals surface area contributed by atoms with Crippen LogP contribution in [0.5, 0.6) is 11.5 Å². The molecule has 2 N–H and O–H groups in total. The van der Waals surface area contributed by atoms with Crippen LogP contribution in [0.2, 0.25) is 5.02 Å². The van der Waals surface area contributed by atoms with Gasteiger partial charge in [-0.1, -0.05) is 41.9 Å². The van der Waals surface area contributed by atoms with E-state index in [1.165, 1.54) is 25.3 Å². The van der Waals surface area contributed by atoms with Crippen LogP contribution in [0.4, 0.5) is 5.69 Å². The Morgan fingerprint density at radius 2 is 1.88 bits per heavy atom. The second-order valence-electron chi connectivity index (χ2n) is 6.81. The number of aromatic carboxylic acids is 1. The van der Waals surface area contributed by atoms with Crippen molar-refractivity contribution in [3.63, 3.8) is 0 Å². The zero-order valence-electron chi connectivity index (χ0n) is 17.5. The Bertz CT molecular complexity index is 1260. The van der Waals surface area contributed by atoms with Crippen molar-refractivity contribution in [1.82, 2.24) is 0 Å². The molecule has 0 aromatic heterocycles. The van der Waals surface area contributed by atoms with E-state index >= 15 is 0 Å². The largest absolute Gasteiger partial charge is 0.493 e. The van der Waals surface area contributed by atoms with E-state index in [4.69, 9.17) is 26.2 Å². The van der Waals surface area contributed by atoms with Crippen LogP contribution in [-0.4, -0.2) is 24.1 Å². The van der Waals surface area contributed by atoms with Crippen LogP contribution >= 0.6 is 11.6 Å².